The third-order valence-electron chi connectivity index (χ3n) is 1.90. The number of phenols is 1. The number of nitrogens with one attached hydrogen (secondary N) is 1. The first-order valence-electron chi connectivity index (χ1n) is 4.42. The summed E-state index contributed by atoms with van der Waals surface area (Å²) in [5, 5.41) is 11.9. The van der Waals surface area contributed by atoms with E-state index in [1.54, 1.807) is 19.1 Å². The number of hydrogen-bond acceptors (Lipinski definition) is 2. The second-order valence-electron chi connectivity index (χ2n) is 3.20. The number of carbonyl (C=O) groups excluding carboxylic acids is 1. The van der Waals surface area contributed by atoms with Gasteiger partial charge >= 0.3 is 0 Å². The summed E-state index contributed by atoms with van der Waals surface area (Å²) < 4.78 is 0.715. The van der Waals surface area contributed by atoms with Crippen LogP contribution in [0.25, 0.3) is 0 Å². The number of carbonyl (C=O) groups is 1. The first-order valence-corrected chi connectivity index (χ1v) is 5.21. The van der Waals surface area contributed by atoms with Crippen molar-refractivity contribution in [2.45, 2.75) is 6.92 Å². The number of hydrogen-bond donors (Lipinski definition) is 2. The highest BCUT2D eigenvalue weighted by Crippen LogP contribution is 2.15. The monoisotopic (exact) mass is 269 g/mol. The Morgan fingerprint density at radius 2 is 2.27 bits per heavy atom. The Morgan fingerprint density at radius 3 is 2.80 bits per heavy atom. The van der Waals surface area contributed by atoms with Crippen LogP contribution >= 0.6 is 15.9 Å². The van der Waals surface area contributed by atoms with Crippen molar-refractivity contribution in [1.82, 2.24) is 5.32 Å². The van der Waals surface area contributed by atoms with Crippen molar-refractivity contribution in [1.29, 1.82) is 0 Å². The van der Waals surface area contributed by atoms with E-state index in [2.05, 4.69) is 27.8 Å². The number of halogens is 1. The van der Waals surface area contributed by atoms with Gasteiger partial charge in [0.05, 0.1) is 0 Å². The smallest absolute Gasteiger partial charge is 0.251 e. The fraction of sp³-hybridized carbons (Fsp3) is 0.182. The minimum atomic E-state index is -0.173. The van der Waals surface area contributed by atoms with Gasteiger partial charge < -0.3 is 10.4 Å². The maximum Gasteiger partial charge on any atom is 0.251 e. The van der Waals surface area contributed by atoms with Crippen LogP contribution < -0.4 is 5.32 Å². The molecule has 0 saturated carbocycles. The topological polar surface area (TPSA) is 49.3 Å². The van der Waals surface area contributed by atoms with Gasteiger partial charge in [0.2, 0.25) is 0 Å². The molecule has 1 amide bonds. The van der Waals surface area contributed by atoms with Crippen molar-refractivity contribution in [2.75, 3.05) is 6.54 Å². The summed E-state index contributed by atoms with van der Waals surface area (Å²) in [5.74, 6) is -0.0120. The molecular weight excluding hydrogens is 258 g/mol. The van der Waals surface area contributed by atoms with Crippen LogP contribution in [0.3, 0.4) is 0 Å². The zero-order valence-electron chi connectivity index (χ0n) is 8.38. The van der Waals surface area contributed by atoms with Crippen molar-refractivity contribution < 1.29 is 9.90 Å². The molecule has 0 unspecified atom stereocenters. The minimum absolute atomic E-state index is 0.161. The van der Waals surface area contributed by atoms with Gasteiger partial charge in [-0.2, -0.15) is 0 Å². The molecule has 0 aliphatic heterocycles. The molecule has 0 heterocycles. The average molecular weight is 270 g/mol. The van der Waals surface area contributed by atoms with Gasteiger partial charge in [0.15, 0.2) is 0 Å². The fourth-order valence-electron chi connectivity index (χ4n) is 1.17. The van der Waals surface area contributed by atoms with Crippen molar-refractivity contribution >= 4 is 21.8 Å². The van der Waals surface area contributed by atoms with E-state index in [9.17, 15) is 9.90 Å². The summed E-state index contributed by atoms with van der Waals surface area (Å²) in [6.07, 6.45) is 0. The lowest BCUT2D eigenvalue weighted by Crippen LogP contribution is -2.25. The number of phenolic OH excluding ortho intramolecular Hbond substituents is 1. The Hall–Kier alpha value is -1.29. The highest BCUT2D eigenvalue weighted by atomic mass is 79.9. The minimum Gasteiger partial charge on any atom is -0.508 e. The SMILES string of the molecule is C=C(Br)CNC(=O)c1ccc(O)cc1C. The van der Waals surface area contributed by atoms with E-state index in [1.165, 1.54) is 6.07 Å². The highest BCUT2D eigenvalue weighted by molar-refractivity contribution is 9.11. The van der Waals surface area contributed by atoms with Crippen LogP contribution in [0.15, 0.2) is 29.3 Å². The Bertz CT molecular complexity index is 402. The zero-order valence-corrected chi connectivity index (χ0v) is 9.97. The molecule has 15 heavy (non-hydrogen) atoms. The molecule has 0 spiro atoms. The normalized spacial score (nSPS) is 9.73. The molecule has 3 nitrogen and oxygen atoms in total. The van der Waals surface area contributed by atoms with Crippen molar-refractivity contribution in [3.05, 3.63) is 40.4 Å². The molecule has 0 aliphatic carbocycles. The van der Waals surface area contributed by atoms with Crippen LogP contribution in [0.1, 0.15) is 15.9 Å². The third-order valence-corrected chi connectivity index (χ3v) is 2.18. The van der Waals surface area contributed by atoms with Crippen molar-refractivity contribution in [2.24, 2.45) is 0 Å². The summed E-state index contributed by atoms with van der Waals surface area (Å²) >= 11 is 3.16. The molecule has 4 heteroatoms. The Balaban J connectivity index is 2.78. The largest absolute Gasteiger partial charge is 0.508 e. The number of aromatic hydroxyl groups is 1. The quantitative estimate of drug-likeness (QED) is 0.885. The maximum atomic E-state index is 11.6. The fourth-order valence-corrected chi connectivity index (χ4v) is 1.31. The van der Waals surface area contributed by atoms with E-state index in [0.29, 0.717) is 16.6 Å². The van der Waals surface area contributed by atoms with Crippen LogP contribution in [0.4, 0.5) is 0 Å². The van der Waals surface area contributed by atoms with Gasteiger partial charge in [0, 0.05) is 16.6 Å². The maximum absolute atomic E-state index is 11.6. The molecule has 0 fully saturated rings. The Labute approximate surface area is 96.9 Å². The number of benzene rings is 1. The number of amides is 1. The predicted octanol–water partition coefficient (Wildman–Crippen LogP) is 2.34. The molecule has 1 aromatic carbocycles. The van der Waals surface area contributed by atoms with Crippen LogP contribution in [-0.4, -0.2) is 17.6 Å². The summed E-state index contributed by atoms with van der Waals surface area (Å²) in [6.45, 7) is 5.78. The molecule has 0 aliphatic rings. The average Bonchev–Trinajstić information content (AvgIpc) is 2.14. The first-order chi connectivity index (χ1) is 7.00. The molecular formula is C11H12BrNO2. The lowest BCUT2D eigenvalue weighted by Gasteiger charge is -2.07. The number of aryl methyl sites for hydroxylation is 1. The van der Waals surface area contributed by atoms with Gasteiger partial charge in [-0.3, -0.25) is 4.79 Å². The summed E-state index contributed by atoms with van der Waals surface area (Å²) in [5.41, 5.74) is 1.30. The van der Waals surface area contributed by atoms with E-state index in [1.807, 2.05) is 0 Å². The standard InChI is InChI=1S/C11H12BrNO2/c1-7-5-9(14)3-4-10(7)11(15)13-6-8(2)12/h3-5,14H,2,6H2,1H3,(H,13,15). The van der Waals surface area contributed by atoms with Gasteiger partial charge in [-0.25, -0.2) is 0 Å². The van der Waals surface area contributed by atoms with E-state index >= 15 is 0 Å². The molecule has 0 radical (unpaired) electrons. The summed E-state index contributed by atoms with van der Waals surface area (Å²) in [7, 11) is 0. The second-order valence-corrected chi connectivity index (χ2v) is 4.32. The van der Waals surface area contributed by atoms with Gasteiger partial charge in [-0.1, -0.05) is 22.5 Å². The Morgan fingerprint density at radius 1 is 1.60 bits per heavy atom. The van der Waals surface area contributed by atoms with Gasteiger partial charge in [-0.05, 0) is 30.7 Å². The predicted molar refractivity (Wildman–Crippen MR) is 63.2 cm³/mol. The number of rotatable bonds is 3. The van der Waals surface area contributed by atoms with Crippen LogP contribution in [0.2, 0.25) is 0 Å². The second kappa shape index (κ2) is 4.98. The van der Waals surface area contributed by atoms with E-state index in [0.717, 1.165) is 5.56 Å². The lowest BCUT2D eigenvalue weighted by atomic mass is 10.1. The zero-order chi connectivity index (χ0) is 11.4. The van der Waals surface area contributed by atoms with Crippen molar-refractivity contribution in [3.8, 4) is 5.75 Å². The van der Waals surface area contributed by atoms with E-state index in [-0.39, 0.29) is 11.7 Å². The van der Waals surface area contributed by atoms with Crippen LogP contribution in [0, 0.1) is 6.92 Å². The van der Waals surface area contributed by atoms with E-state index in [4.69, 9.17) is 0 Å². The third kappa shape index (κ3) is 3.40. The summed E-state index contributed by atoms with van der Waals surface area (Å²) in [6, 6.07) is 4.64. The van der Waals surface area contributed by atoms with Gasteiger partial charge in [0.1, 0.15) is 5.75 Å². The molecule has 0 bridgehead atoms. The van der Waals surface area contributed by atoms with Gasteiger partial charge in [-0.15, -0.1) is 0 Å². The molecule has 0 aromatic heterocycles. The molecule has 2 N–H and O–H groups in total. The molecule has 1 aromatic rings. The highest BCUT2D eigenvalue weighted by Gasteiger charge is 2.08. The van der Waals surface area contributed by atoms with Gasteiger partial charge in [0.25, 0.3) is 5.91 Å². The lowest BCUT2D eigenvalue weighted by molar-refractivity contribution is 0.0957. The molecule has 1 rings (SSSR count). The van der Waals surface area contributed by atoms with Crippen LogP contribution in [0.5, 0.6) is 5.75 Å². The molecule has 0 saturated heterocycles. The molecule has 0 atom stereocenters. The van der Waals surface area contributed by atoms with E-state index < -0.39 is 0 Å². The summed E-state index contributed by atoms with van der Waals surface area (Å²) in [4.78, 5) is 11.6. The van der Waals surface area contributed by atoms with Crippen LogP contribution in [-0.2, 0) is 0 Å². The molecule has 80 valence electrons. The Kier molecular flexibility index (Phi) is 3.91. The first kappa shape index (κ1) is 11.8. The van der Waals surface area contributed by atoms with Crippen molar-refractivity contribution in [3.63, 3.8) is 0 Å².